The molecule has 0 saturated heterocycles. The highest BCUT2D eigenvalue weighted by molar-refractivity contribution is 5.51. The van der Waals surface area contributed by atoms with E-state index in [1.54, 1.807) is 6.07 Å². The molecule has 0 aliphatic carbocycles. The van der Waals surface area contributed by atoms with Gasteiger partial charge in [-0.2, -0.15) is 0 Å². The zero-order chi connectivity index (χ0) is 12.7. The first-order chi connectivity index (χ1) is 7.03. The Labute approximate surface area is 97.9 Å². The van der Waals surface area contributed by atoms with Gasteiger partial charge in [0.1, 0.15) is 0 Å². The third-order valence-corrected chi connectivity index (χ3v) is 2.76. The summed E-state index contributed by atoms with van der Waals surface area (Å²) in [5, 5.41) is 19.6. The maximum atomic E-state index is 9.87. The SMILES string of the molecule is CC(C)(C)c1cc(O)c(O)c(C(C)(C)C)c1. The zero-order valence-electron chi connectivity index (χ0n) is 11.0. The van der Waals surface area contributed by atoms with Crippen LogP contribution in [0.3, 0.4) is 0 Å². The number of aromatic hydroxyl groups is 2. The number of phenols is 2. The van der Waals surface area contributed by atoms with E-state index in [4.69, 9.17) is 0 Å². The minimum absolute atomic E-state index is 0.000463. The van der Waals surface area contributed by atoms with Crippen molar-refractivity contribution in [2.24, 2.45) is 0 Å². The molecule has 1 rings (SSSR count). The average molecular weight is 222 g/mol. The first-order valence-corrected chi connectivity index (χ1v) is 5.60. The van der Waals surface area contributed by atoms with Gasteiger partial charge in [0.05, 0.1) is 0 Å². The molecular formula is C14H22O2. The van der Waals surface area contributed by atoms with Gasteiger partial charge in [-0.15, -0.1) is 0 Å². The summed E-state index contributed by atoms with van der Waals surface area (Å²) in [6, 6.07) is 3.62. The molecule has 90 valence electrons. The fraction of sp³-hybridized carbons (Fsp3) is 0.571. The van der Waals surface area contributed by atoms with Crippen LogP contribution in [0.5, 0.6) is 11.5 Å². The van der Waals surface area contributed by atoms with Crippen LogP contribution in [-0.4, -0.2) is 10.2 Å². The number of hydrogen-bond donors (Lipinski definition) is 2. The van der Waals surface area contributed by atoms with E-state index in [1.807, 2.05) is 26.8 Å². The van der Waals surface area contributed by atoms with Crippen LogP contribution in [0.4, 0.5) is 0 Å². The molecule has 0 bridgehead atoms. The van der Waals surface area contributed by atoms with Gasteiger partial charge in [0.2, 0.25) is 0 Å². The fourth-order valence-electron chi connectivity index (χ4n) is 1.62. The Morgan fingerprint density at radius 1 is 0.812 bits per heavy atom. The van der Waals surface area contributed by atoms with Crippen LogP contribution >= 0.6 is 0 Å². The molecule has 0 fully saturated rings. The van der Waals surface area contributed by atoms with Crippen LogP contribution in [0.25, 0.3) is 0 Å². The van der Waals surface area contributed by atoms with Crippen molar-refractivity contribution in [2.75, 3.05) is 0 Å². The lowest BCUT2D eigenvalue weighted by atomic mass is 9.80. The van der Waals surface area contributed by atoms with E-state index in [-0.39, 0.29) is 22.3 Å². The van der Waals surface area contributed by atoms with Crippen LogP contribution in [0.15, 0.2) is 12.1 Å². The summed E-state index contributed by atoms with van der Waals surface area (Å²) in [7, 11) is 0. The lowest BCUT2D eigenvalue weighted by Crippen LogP contribution is -2.16. The van der Waals surface area contributed by atoms with Gasteiger partial charge in [0, 0.05) is 5.56 Å². The Balaban J connectivity index is 3.46. The predicted octanol–water partition coefficient (Wildman–Crippen LogP) is 3.69. The van der Waals surface area contributed by atoms with Crippen LogP contribution in [0.1, 0.15) is 52.7 Å². The summed E-state index contributed by atoms with van der Waals surface area (Å²) in [5.74, 6) is -0.0298. The second-order valence-corrected chi connectivity index (χ2v) is 6.39. The molecule has 0 heterocycles. The molecule has 0 radical (unpaired) electrons. The third kappa shape index (κ3) is 2.49. The Hall–Kier alpha value is -1.18. The lowest BCUT2D eigenvalue weighted by Gasteiger charge is -2.26. The van der Waals surface area contributed by atoms with Crippen LogP contribution < -0.4 is 0 Å². The molecule has 0 spiro atoms. The summed E-state index contributed by atoms with van der Waals surface area (Å²) >= 11 is 0. The van der Waals surface area contributed by atoms with Gasteiger partial charge in [-0.25, -0.2) is 0 Å². The third-order valence-electron chi connectivity index (χ3n) is 2.76. The number of benzene rings is 1. The van der Waals surface area contributed by atoms with Crippen molar-refractivity contribution in [3.8, 4) is 11.5 Å². The molecule has 1 aromatic carbocycles. The molecule has 1 aromatic rings. The summed E-state index contributed by atoms with van der Waals surface area (Å²) in [4.78, 5) is 0. The molecule has 0 amide bonds. The molecule has 0 atom stereocenters. The molecule has 2 nitrogen and oxygen atoms in total. The van der Waals surface area contributed by atoms with Crippen molar-refractivity contribution in [1.82, 2.24) is 0 Å². The summed E-state index contributed by atoms with van der Waals surface area (Å²) in [6.45, 7) is 12.3. The Kier molecular flexibility index (Phi) is 2.97. The van der Waals surface area contributed by atoms with E-state index in [2.05, 4.69) is 20.8 Å². The average Bonchev–Trinajstić information content (AvgIpc) is 2.05. The van der Waals surface area contributed by atoms with Gasteiger partial charge >= 0.3 is 0 Å². The standard InChI is InChI=1S/C14H22O2/c1-13(2,3)9-7-10(14(4,5)6)12(16)11(15)8-9/h7-8,15-16H,1-6H3. The largest absolute Gasteiger partial charge is 0.504 e. The molecule has 0 aliphatic heterocycles. The number of rotatable bonds is 0. The van der Waals surface area contributed by atoms with Crippen LogP contribution in [-0.2, 0) is 10.8 Å². The molecule has 0 unspecified atom stereocenters. The van der Waals surface area contributed by atoms with E-state index in [9.17, 15) is 10.2 Å². The summed E-state index contributed by atoms with van der Waals surface area (Å²) in [5.41, 5.74) is 1.61. The predicted molar refractivity (Wildman–Crippen MR) is 67.2 cm³/mol. The quantitative estimate of drug-likeness (QED) is 0.657. The van der Waals surface area contributed by atoms with Gasteiger partial charge in [-0.1, -0.05) is 47.6 Å². The number of hydrogen-bond acceptors (Lipinski definition) is 2. The first-order valence-electron chi connectivity index (χ1n) is 5.60. The maximum Gasteiger partial charge on any atom is 0.161 e. The number of phenolic OH excluding ortho intramolecular Hbond substituents is 2. The van der Waals surface area contributed by atoms with E-state index in [0.29, 0.717) is 0 Å². The Morgan fingerprint density at radius 3 is 1.69 bits per heavy atom. The lowest BCUT2D eigenvalue weighted by molar-refractivity contribution is 0.386. The minimum Gasteiger partial charge on any atom is -0.504 e. The van der Waals surface area contributed by atoms with E-state index >= 15 is 0 Å². The molecule has 0 saturated carbocycles. The van der Waals surface area contributed by atoms with Gasteiger partial charge in [0.15, 0.2) is 11.5 Å². The molecule has 2 N–H and O–H groups in total. The first kappa shape index (κ1) is 12.9. The highest BCUT2D eigenvalue weighted by Gasteiger charge is 2.24. The van der Waals surface area contributed by atoms with Crippen molar-refractivity contribution < 1.29 is 10.2 Å². The zero-order valence-corrected chi connectivity index (χ0v) is 11.0. The highest BCUT2D eigenvalue weighted by Crippen LogP contribution is 2.40. The van der Waals surface area contributed by atoms with Crippen molar-refractivity contribution >= 4 is 0 Å². The van der Waals surface area contributed by atoms with Crippen LogP contribution in [0.2, 0.25) is 0 Å². The molecule has 16 heavy (non-hydrogen) atoms. The monoisotopic (exact) mass is 222 g/mol. The molecule has 0 aliphatic rings. The molecule has 2 heteroatoms. The second kappa shape index (κ2) is 3.69. The smallest absolute Gasteiger partial charge is 0.161 e. The van der Waals surface area contributed by atoms with E-state index < -0.39 is 0 Å². The van der Waals surface area contributed by atoms with Gasteiger partial charge < -0.3 is 10.2 Å². The van der Waals surface area contributed by atoms with Crippen molar-refractivity contribution in [1.29, 1.82) is 0 Å². The van der Waals surface area contributed by atoms with Gasteiger partial charge in [0.25, 0.3) is 0 Å². The molecular weight excluding hydrogens is 200 g/mol. The molecule has 0 aromatic heterocycles. The normalized spacial score (nSPS) is 12.9. The van der Waals surface area contributed by atoms with Crippen molar-refractivity contribution in [3.05, 3.63) is 23.3 Å². The van der Waals surface area contributed by atoms with E-state index in [0.717, 1.165) is 11.1 Å². The fourth-order valence-corrected chi connectivity index (χ4v) is 1.62. The highest BCUT2D eigenvalue weighted by atomic mass is 16.3. The summed E-state index contributed by atoms with van der Waals surface area (Å²) < 4.78 is 0. The van der Waals surface area contributed by atoms with E-state index in [1.165, 1.54) is 0 Å². The maximum absolute atomic E-state index is 9.87. The van der Waals surface area contributed by atoms with Crippen molar-refractivity contribution in [3.63, 3.8) is 0 Å². The summed E-state index contributed by atoms with van der Waals surface area (Å²) in [6.07, 6.45) is 0. The van der Waals surface area contributed by atoms with Gasteiger partial charge in [-0.05, 0) is 22.5 Å². The minimum atomic E-state index is -0.178. The Bertz CT molecular complexity index is 392. The van der Waals surface area contributed by atoms with Gasteiger partial charge in [-0.3, -0.25) is 0 Å². The Morgan fingerprint density at radius 2 is 1.31 bits per heavy atom. The topological polar surface area (TPSA) is 40.5 Å². The van der Waals surface area contributed by atoms with Crippen molar-refractivity contribution in [2.45, 2.75) is 52.4 Å². The second-order valence-electron chi connectivity index (χ2n) is 6.39. The van der Waals surface area contributed by atoms with Crippen LogP contribution in [0, 0.1) is 0 Å².